The number of ketones is 1. The van der Waals surface area contributed by atoms with E-state index >= 15 is 0 Å². The summed E-state index contributed by atoms with van der Waals surface area (Å²) in [6.45, 7) is 4.77. The van der Waals surface area contributed by atoms with Crippen LogP contribution in [0.15, 0.2) is 36.4 Å². The van der Waals surface area contributed by atoms with E-state index in [4.69, 9.17) is 20.7 Å². The highest BCUT2D eigenvalue weighted by Crippen LogP contribution is 2.46. The summed E-state index contributed by atoms with van der Waals surface area (Å²) in [7, 11) is 0. The molecule has 11 heteroatoms. The largest absolute Gasteiger partial charge is 0.449 e. The standard InChI is InChI=1S/C34H47N3O8/c1-2-3-17-44-20-15-36-32(40)9-6-10-33(41)37-25-12-14-27-26-13-11-24(31(39)8-7-19-43-18-5-4-16-38)21-28(26)30(29(27)22-25)23-45-34(35)42/h11-14,21-22,30,38H,2-10,15-20,23H2,1H3,(H2,35,42)(H,36,40)(H,37,41)/i/hD. The lowest BCUT2D eigenvalue weighted by Gasteiger charge is -2.15. The lowest BCUT2D eigenvalue weighted by atomic mass is 9.94. The maximum atomic E-state index is 13.0. The first-order chi connectivity index (χ1) is 22.4. The zero-order chi connectivity index (χ0) is 33.1. The Kier molecular flexibility index (Phi) is 14.8. The second-order valence-corrected chi connectivity index (χ2v) is 11.0. The van der Waals surface area contributed by atoms with Crippen molar-refractivity contribution < 1.29 is 39.9 Å². The molecule has 2 aromatic rings. The van der Waals surface area contributed by atoms with Crippen molar-refractivity contribution in [2.75, 3.05) is 51.5 Å². The van der Waals surface area contributed by atoms with Crippen molar-refractivity contribution in [1.82, 2.24) is 5.32 Å². The zero-order valence-electron chi connectivity index (χ0n) is 27.2. The maximum absolute atomic E-state index is 13.0. The van der Waals surface area contributed by atoms with Crippen LogP contribution in [0.1, 0.15) is 92.1 Å². The molecule has 0 spiro atoms. The van der Waals surface area contributed by atoms with Gasteiger partial charge in [-0.05, 0) is 72.6 Å². The highest BCUT2D eigenvalue weighted by atomic mass is 16.5. The van der Waals surface area contributed by atoms with Crippen molar-refractivity contribution in [1.29, 1.82) is 0 Å². The van der Waals surface area contributed by atoms with Crippen LogP contribution in [0.3, 0.4) is 0 Å². The molecule has 0 radical (unpaired) electrons. The number of fused-ring (bicyclic) bond motifs is 3. The molecule has 2 aromatic carbocycles. The molecule has 5 N–H and O–H groups in total. The molecule has 0 bridgehead atoms. The quantitative estimate of drug-likeness (QED) is 0.108. The zero-order valence-corrected chi connectivity index (χ0v) is 26.2. The Morgan fingerprint density at radius 3 is 2.33 bits per heavy atom. The number of amides is 3. The predicted octanol–water partition coefficient (Wildman–Crippen LogP) is 4.69. The van der Waals surface area contributed by atoms with E-state index < -0.39 is 12.0 Å². The minimum atomic E-state index is -0.890. The Morgan fingerprint density at radius 2 is 1.56 bits per heavy atom. The third kappa shape index (κ3) is 11.9. The van der Waals surface area contributed by atoms with E-state index in [1.807, 2.05) is 24.3 Å². The van der Waals surface area contributed by atoms with Gasteiger partial charge < -0.3 is 35.7 Å². The Balaban J connectivity index is 1.59. The molecule has 1 aliphatic rings. The van der Waals surface area contributed by atoms with Crippen LogP contribution in [0.25, 0.3) is 11.1 Å². The summed E-state index contributed by atoms with van der Waals surface area (Å²) in [4.78, 5) is 49.5. The van der Waals surface area contributed by atoms with Crippen molar-refractivity contribution in [2.45, 2.75) is 70.6 Å². The number of aliphatic hydroxyl groups is 1. The third-order valence-corrected chi connectivity index (χ3v) is 7.54. The third-order valence-electron chi connectivity index (χ3n) is 7.54. The van der Waals surface area contributed by atoms with E-state index in [9.17, 15) is 19.2 Å². The number of nitrogens with one attached hydrogen (secondary N) is 2. The number of aliphatic hydroxyl groups excluding tert-OH is 1. The number of nitrogens with two attached hydrogens (primary N) is 1. The van der Waals surface area contributed by atoms with E-state index in [2.05, 4.69) is 17.6 Å². The summed E-state index contributed by atoms with van der Waals surface area (Å²) in [6, 6.07) is 11.0. The fraction of sp³-hybridized carbons (Fsp3) is 0.529. The van der Waals surface area contributed by atoms with Gasteiger partial charge in [0.1, 0.15) is 6.61 Å². The van der Waals surface area contributed by atoms with Gasteiger partial charge in [0, 0.05) is 69.4 Å². The fourth-order valence-corrected chi connectivity index (χ4v) is 5.18. The van der Waals surface area contributed by atoms with E-state index in [-0.39, 0.29) is 43.7 Å². The Morgan fingerprint density at radius 1 is 0.844 bits per heavy atom. The molecule has 1 aliphatic carbocycles. The van der Waals surface area contributed by atoms with Crippen LogP contribution in [-0.2, 0) is 23.8 Å². The van der Waals surface area contributed by atoms with Gasteiger partial charge in [0.2, 0.25) is 11.8 Å². The van der Waals surface area contributed by atoms with Crippen molar-refractivity contribution in [2.24, 2.45) is 5.73 Å². The van der Waals surface area contributed by atoms with Crippen LogP contribution in [0.2, 0.25) is 1.41 Å². The van der Waals surface area contributed by atoms with E-state index in [0.29, 0.717) is 69.9 Å². The van der Waals surface area contributed by atoms with Gasteiger partial charge in [-0.1, -0.05) is 31.5 Å². The second-order valence-electron chi connectivity index (χ2n) is 11.0. The van der Waals surface area contributed by atoms with E-state index in [0.717, 1.165) is 41.5 Å². The fourth-order valence-electron chi connectivity index (χ4n) is 5.18. The molecular weight excluding hydrogens is 578 g/mol. The number of anilines is 1. The van der Waals surface area contributed by atoms with Crippen molar-refractivity contribution in [3.05, 3.63) is 53.1 Å². The number of carbonyl (C=O) groups excluding carboxylic acids is 4. The predicted molar refractivity (Wildman–Crippen MR) is 171 cm³/mol. The van der Waals surface area contributed by atoms with Gasteiger partial charge in [-0.3, -0.25) is 14.4 Å². The lowest BCUT2D eigenvalue weighted by molar-refractivity contribution is -0.121. The van der Waals surface area contributed by atoms with Crippen LogP contribution in [0.4, 0.5) is 10.5 Å². The lowest BCUT2D eigenvalue weighted by Crippen LogP contribution is -2.27. The average molecular weight is 627 g/mol. The molecular formula is C34H47N3O8. The van der Waals surface area contributed by atoms with Crippen LogP contribution in [-0.4, -0.2) is 75.0 Å². The van der Waals surface area contributed by atoms with Crippen molar-refractivity contribution in [3.63, 3.8) is 0 Å². The molecule has 1 atom stereocenters. The van der Waals surface area contributed by atoms with Crippen LogP contribution in [0, 0.1) is 0 Å². The molecule has 11 nitrogen and oxygen atoms in total. The number of ether oxygens (including phenoxy) is 3. The monoisotopic (exact) mass is 626 g/mol. The molecule has 3 amide bonds. The number of benzene rings is 2. The maximum Gasteiger partial charge on any atom is 0.404 e. The van der Waals surface area contributed by atoms with Gasteiger partial charge in [-0.15, -0.1) is 0 Å². The molecule has 0 heterocycles. The number of unbranched alkanes of at least 4 members (excludes halogenated alkanes) is 2. The van der Waals surface area contributed by atoms with Gasteiger partial charge >= 0.3 is 6.09 Å². The number of primary amides is 1. The summed E-state index contributed by atoms with van der Waals surface area (Å²) in [6.07, 6.45) is 4.33. The van der Waals surface area contributed by atoms with Crippen molar-refractivity contribution in [3.8, 4) is 11.1 Å². The SMILES string of the molecule is [2H]NC(=O)OCC1c2cc(NC(=O)CCCC(=O)NCCOCCCC)ccc2-c2ccc(C(=O)CCCOCCCCO)cc21. The molecule has 0 fully saturated rings. The molecule has 0 saturated carbocycles. The van der Waals surface area contributed by atoms with Gasteiger partial charge in [-0.25, -0.2) is 4.79 Å². The molecule has 0 aliphatic heterocycles. The van der Waals surface area contributed by atoms with Gasteiger partial charge in [0.25, 0.3) is 0 Å². The second kappa shape index (κ2) is 19.6. The first kappa shape index (κ1) is 34.1. The molecule has 0 aromatic heterocycles. The smallest absolute Gasteiger partial charge is 0.404 e. The number of Topliss-reactive ketones (excluding diaryl/α,β-unsaturated/α-hetero) is 1. The highest BCUT2D eigenvalue weighted by Gasteiger charge is 2.31. The summed E-state index contributed by atoms with van der Waals surface area (Å²) in [5, 5.41) is 14.5. The van der Waals surface area contributed by atoms with Crippen LogP contribution in [0.5, 0.6) is 0 Å². The minimum Gasteiger partial charge on any atom is -0.449 e. The van der Waals surface area contributed by atoms with Gasteiger partial charge in [-0.2, -0.15) is 0 Å². The summed E-state index contributed by atoms with van der Waals surface area (Å²) >= 11 is 0. The van der Waals surface area contributed by atoms with Gasteiger partial charge in [0.15, 0.2) is 7.20 Å². The normalized spacial score (nSPS) is 13.4. The Hall–Kier alpha value is -3.80. The highest BCUT2D eigenvalue weighted by molar-refractivity contribution is 5.98. The van der Waals surface area contributed by atoms with Gasteiger partial charge in [0.05, 0.1) is 6.61 Å². The van der Waals surface area contributed by atoms with E-state index in [1.165, 1.54) is 0 Å². The molecule has 45 heavy (non-hydrogen) atoms. The minimum absolute atomic E-state index is 0.0248. The Bertz CT molecular complexity index is 1310. The van der Waals surface area contributed by atoms with Crippen LogP contribution < -0.4 is 16.4 Å². The number of rotatable bonds is 22. The topological polar surface area (TPSA) is 166 Å². The first-order valence-corrected chi connectivity index (χ1v) is 15.9. The summed E-state index contributed by atoms with van der Waals surface area (Å²) in [5.41, 5.74) is 6.28. The molecule has 3 rings (SSSR count). The number of hydrogen-bond acceptors (Lipinski definition) is 8. The molecule has 1 unspecified atom stereocenters. The molecule has 0 saturated heterocycles. The summed E-state index contributed by atoms with van der Waals surface area (Å²) < 4.78 is 23.3. The van der Waals surface area contributed by atoms with Crippen molar-refractivity contribution >= 4 is 29.4 Å². The Labute approximate surface area is 266 Å². The molecule has 246 valence electrons. The first-order valence-electron chi connectivity index (χ1n) is 16.4. The van der Waals surface area contributed by atoms with E-state index in [1.54, 1.807) is 17.9 Å². The average Bonchev–Trinajstić information content (AvgIpc) is 3.36. The van der Waals surface area contributed by atoms with Crippen LogP contribution >= 0.6 is 0 Å². The number of carbonyl (C=O) groups is 4. The number of hydrogen-bond donors (Lipinski definition) is 4. The summed E-state index contributed by atoms with van der Waals surface area (Å²) in [5.74, 6) is -0.778.